The minimum atomic E-state index is 0.313. The highest BCUT2D eigenvalue weighted by Gasteiger charge is 2.29. The standard InChI is InChI=1S/C45H34N2/c1-2-12-36(13-3-1)47-42-21-17-31(27-41(42)44-35-22-23-46-28-29(24-35)16-20-43(44)47)30-10-6-11-32(25-30)37-18-19-39-34-9-5-4-8-33(26-34)38-14-7-15-40(37)45(38)39/h1-21,25-29,33,35H,22-24H2. The maximum Gasteiger partial charge on any atom is 0.0538 e. The fourth-order valence-electron chi connectivity index (χ4n) is 8.61. The molecule has 224 valence electrons. The van der Waals surface area contributed by atoms with Crippen molar-refractivity contribution in [1.29, 1.82) is 0 Å². The number of rotatable bonds is 3. The van der Waals surface area contributed by atoms with Crippen molar-refractivity contribution in [3.8, 4) is 27.9 Å². The largest absolute Gasteiger partial charge is 0.310 e. The molecule has 0 amide bonds. The normalized spacial score (nSPS) is 20.5. The van der Waals surface area contributed by atoms with Crippen LogP contribution >= 0.6 is 0 Å². The highest BCUT2D eigenvalue weighted by atomic mass is 15.0. The van der Waals surface area contributed by atoms with Crippen LogP contribution in [-0.4, -0.2) is 17.3 Å². The second kappa shape index (κ2) is 10.5. The van der Waals surface area contributed by atoms with Crippen LogP contribution in [0, 0.1) is 5.92 Å². The van der Waals surface area contributed by atoms with E-state index in [2.05, 4.69) is 156 Å². The van der Waals surface area contributed by atoms with Gasteiger partial charge < -0.3 is 4.57 Å². The van der Waals surface area contributed by atoms with E-state index < -0.39 is 0 Å². The van der Waals surface area contributed by atoms with Gasteiger partial charge in [0.1, 0.15) is 0 Å². The number of aliphatic imine (C=N–C) groups is 1. The number of nitrogens with zero attached hydrogens (tertiary/aromatic N) is 2. The fraction of sp³-hybridized carbons (Fsp3) is 0.133. The Morgan fingerprint density at radius 3 is 2.51 bits per heavy atom. The third-order valence-corrected chi connectivity index (χ3v) is 10.7. The minimum Gasteiger partial charge on any atom is -0.310 e. The Morgan fingerprint density at radius 2 is 1.55 bits per heavy atom. The van der Waals surface area contributed by atoms with E-state index in [1.807, 2.05) is 0 Å². The number of hydrogen-bond donors (Lipinski definition) is 0. The molecule has 2 heteroatoms. The van der Waals surface area contributed by atoms with Crippen molar-refractivity contribution < 1.29 is 0 Å². The summed E-state index contributed by atoms with van der Waals surface area (Å²) >= 11 is 0. The van der Waals surface area contributed by atoms with Crippen LogP contribution in [0.4, 0.5) is 0 Å². The van der Waals surface area contributed by atoms with Gasteiger partial charge in [0.2, 0.25) is 0 Å². The third-order valence-electron chi connectivity index (χ3n) is 10.7. The van der Waals surface area contributed by atoms with Crippen LogP contribution in [0.3, 0.4) is 0 Å². The maximum atomic E-state index is 4.75. The molecular weight excluding hydrogens is 569 g/mol. The van der Waals surface area contributed by atoms with E-state index >= 15 is 0 Å². The summed E-state index contributed by atoms with van der Waals surface area (Å²) in [6.45, 7) is 0.896. The molecule has 4 bridgehead atoms. The summed E-state index contributed by atoms with van der Waals surface area (Å²) in [7, 11) is 0. The molecule has 1 aliphatic heterocycles. The van der Waals surface area contributed by atoms with Crippen molar-refractivity contribution in [3.63, 3.8) is 0 Å². The van der Waals surface area contributed by atoms with E-state index in [9.17, 15) is 0 Å². The van der Waals surface area contributed by atoms with E-state index in [4.69, 9.17) is 4.99 Å². The lowest BCUT2D eigenvalue weighted by Crippen LogP contribution is -2.04. The van der Waals surface area contributed by atoms with Gasteiger partial charge in [-0.1, -0.05) is 109 Å². The SMILES string of the molecule is C1=CC2=CC(C=C1)c1cccc3c(-c4cccc(-c5ccc6c(c5)c5c(n6-c6ccccc6)C=CC6C=NCCC5C6)c4)ccc2c13. The number of allylic oxidation sites excluding steroid dienone is 7. The molecule has 4 aliphatic rings. The van der Waals surface area contributed by atoms with Gasteiger partial charge >= 0.3 is 0 Å². The monoisotopic (exact) mass is 602 g/mol. The maximum absolute atomic E-state index is 4.75. The predicted molar refractivity (Wildman–Crippen MR) is 199 cm³/mol. The van der Waals surface area contributed by atoms with Crippen molar-refractivity contribution >= 4 is 39.5 Å². The average Bonchev–Trinajstić information content (AvgIpc) is 3.37. The van der Waals surface area contributed by atoms with E-state index in [0.717, 1.165) is 19.4 Å². The summed E-state index contributed by atoms with van der Waals surface area (Å²) < 4.78 is 2.47. The van der Waals surface area contributed by atoms with Crippen LogP contribution in [0.2, 0.25) is 0 Å². The topological polar surface area (TPSA) is 17.3 Å². The van der Waals surface area contributed by atoms with Gasteiger partial charge in [-0.05, 0) is 110 Å². The summed E-state index contributed by atoms with van der Waals surface area (Å²) in [5.74, 6) is 1.18. The van der Waals surface area contributed by atoms with E-state index in [0.29, 0.717) is 17.8 Å². The van der Waals surface area contributed by atoms with Gasteiger partial charge in [0.25, 0.3) is 0 Å². The van der Waals surface area contributed by atoms with Gasteiger partial charge in [-0.15, -0.1) is 0 Å². The molecule has 10 rings (SSSR count). The van der Waals surface area contributed by atoms with Crippen molar-refractivity contribution in [2.24, 2.45) is 10.9 Å². The Hall–Kier alpha value is -5.47. The van der Waals surface area contributed by atoms with Crippen molar-refractivity contribution in [2.75, 3.05) is 6.54 Å². The second-order valence-corrected chi connectivity index (χ2v) is 13.4. The van der Waals surface area contributed by atoms with Crippen molar-refractivity contribution in [3.05, 3.63) is 162 Å². The zero-order valence-electron chi connectivity index (χ0n) is 26.2. The van der Waals surface area contributed by atoms with E-state index in [1.165, 1.54) is 77.6 Å². The van der Waals surface area contributed by atoms with Crippen LogP contribution in [0.5, 0.6) is 0 Å². The molecule has 1 aromatic heterocycles. The molecule has 3 atom stereocenters. The molecule has 0 saturated carbocycles. The van der Waals surface area contributed by atoms with Crippen molar-refractivity contribution in [2.45, 2.75) is 24.7 Å². The number of fused-ring (bicyclic) bond motifs is 9. The number of para-hydroxylation sites is 1. The molecule has 5 aromatic carbocycles. The molecule has 2 nitrogen and oxygen atoms in total. The molecule has 6 aromatic rings. The van der Waals surface area contributed by atoms with Crippen LogP contribution in [0.1, 0.15) is 47.1 Å². The lowest BCUT2D eigenvalue weighted by molar-refractivity contribution is 0.581. The third kappa shape index (κ3) is 4.21. The summed E-state index contributed by atoms with van der Waals surface area (Å²) in [6, 6.07) is 38.6. The highest BCUT2D eigenvalue weighted by Crippen LogP contribution is 2.46. The minimum absolute atomic E-state index is 0.313. The summed E-state index contributed by atoms with van der Waals surface area (Å²) in [6.07, 6.45) is 20.4. The average molecular weight is 603 g/mol. The van der Waals surface area contributed by atoms with Crippen LogP contribution in [0.15, 0.2) is 145 Å². The Kier molecular flexibility index (Phi) is 5.99. The lowest BCUT2D eigenvalue weighted by atomic mass is 9.80. The Morgan fingerprint density at radius 1 is 0.681 bits per heavy atom. The zero-order chi connectivity index (χ0) is 30.9. The quantitative estimate of drug-likeness (QED) is 0.192. The molecule has 0 radical (unpaired) electrons. The molecule has 0 fully saturated rings. The fourth-order valence-corrected chi connectivity index (χ4v) is 8.61. The van der Waals surface area contributed by atoms with Crippen LogP contribution in [-0.2, 0) is 0 Å². The van der Waals surface area contributed by atoms with E-state index in [-0.39, 0.29) is 0 Å². The first-order chi connectivity index (χ1) is 23.3. The highest BCUT2D eigenvalue weighted by molar-refractivity contribution is 6.08. The summed E-state index contributed by atoms with van der Waals surface area (Å²) in [5.41, 5.74) is 14.4. The van der Waals surface area contributed by atoms with Gasteiger partial charge in [0, 0.05) is 35.7 Å². The first-order valence-electron chi connectivity index (χ1n) is 17.0. The zero-order valence-corrected chi connectivity index (χ0v) is 26.2. The number of hydrogen-bond acceptors (Lipinski definition) is 1. The first kappa shape index (κ1) is 26.7. The Labute approximate surface area is 275 Å². The molecule has 0 N–H and O–H groups in total. The van der Waals surface area contributed by atoms with Gasteiger partial charge in [-0.3, -0.25) is 4.99 Å². The van der Waals surface area contributed by atoms with Gasteiger partial charge in [0.05, 0.1) is 11.2 Å². The molecule has 0 spiro atoms. The summed E-state index contributed by atoms with van der Waals surface area (Å²) in [5, 5.41) is 4.08. The first-order valence-corrected chi connectivity index (χ1v) is 17.0. The Bertz CT molecular complexity index is 2390. The van der Waals surface area contributed by atoms with Crippen molar-refractivity contribution in [1.82, 2.24) is 4.57 Å². The van der Waals surface area contributed by atoms with Gasteiger partial charge in [0.15, 0.2) is 0 Å². The molecule has 3 unspecified atom stereocenters. The van der Waals surface area contributed by atoms with Gasteiger partial charge in [-0.2, -0.15) is 0 Å². The summed E-state index contributed by atoms with van der Waals surface area (Å²) in [4.78, 5) is 4.75. The predicted octanol–water partition coefficient (Wildman–Crippen LogP) is 11.3. The second-order valence-electron chi connectivity index (χ2n) is 13.4. The molecule has 3 aliphatic carbocycles. The molecule has 0 saturated heterocycles. The molecular formula is C45H34N2. The van der Waals surface area contributed by atoms with Crippen LogP contribution in [0.25, 0.3) is 61.3 Å². The smallest absolute Gasteiger partial charge is 0.0538 e. The van der Waals surface area contributed by atoms with Gasteiger partial charge in [-0.25, -0.2) is 0 Å². The molecule has 47 heavy (non-hydrogen) atoms. The lowest BCUT2D eigenvalue weighted by Gasteiger charge is -2.23. The number of aromatic nitrogens is 1. The van der Waals surface area contributed by atoms with Crippen LogP contribution < -0.4 is 0 Å². The molecule has 2 heterocycles. The Balaban J connectivity index is 1.14. The van der Waals surface area contributed by atoms with E-state index in [1.54, 1.807) is 0 Å². The number of benzene rings is 5.